The minimum Gasteiger partial charge on any atom is -0.465 e. The zero-order valence-electron chi connectivity index (χ0n) is 10.9. The molecule has 0 aromatic heterocycles. The Hall–Kier alpha value is -1.47. The normalized spacial score (nSPS) is 18.1. The van der Waals surface area contributed by atoms with E-state index in [1.807, 2.05) is 18.2 Å². The van der Waals surface area contributed by atoms with Crippen molar-refractivity contribution in [2.24, 2.45) is 0 Å². The maximum atomic E-state index is 6.25. The van der Waals surface area contributed by atoms with Crippen molar-refractivity contribution in [1.29, 1.82) is 0 Å². The second kappa shape index (κ2) is 5.26. The lowest BCUT2D eigenvalue weighted by Gasteiger charge is -2.12. The Balaban J connectivity index is 1.82. The number of halogens is 1. The maximum Gasteiger partial charge on any atom is 0.243 e. The standard InChI is InChI=1S/C17H16ClO/c1-2-12-7-9-13(10-8-12)11-15-14-5-3-4-6-16(14)19-17(15)18/h3-10,15H,2,11H2,1H3. The highest BCUT2D eigenvalue weighted by Crippen LogP contribution is 2.45. The zero-order chi connectivity index (χ0) is 13.2. The van der Waals surface area contributed by atoms with Gasteiger partial charge < -0.3 is 4.74 Å². The number of para-hydroxylation sites is 1. The number of rotatable bonds is 3. The van der Waals surface area contributed by atoms with Crippen molar-refractivity contribution in [2.45, 2.75) is 25.7 Å². The minimum absolute atomic E-state index is 0.158. The third kappa shape index (κ3) is 2.48. The largest absolute Gasteiger partial charge is 0.465 e. The average molecular weight is 272 g/mol. The number of fused-ring (bicyclic) bond motifs is 1. The third-order valence-corrected chi connectivity index (χ3v) is 3.99. The molecule has 0 bridgehead atoms. The van der Waals surface area contributed by atoms with Crippen LogP contribution in [0.1, 0.15) is 29.5 Å². The van der Waals surface area contributed by atoms with Crippen LogP contribution in [-0.4, -0.2) is 0 Å². The van der Waals surface area contributed by atoms with Crippen LogP contribution in [0.5, 0.6) is 5.75 Å². The minimum atomic E-state index is 0.158. The van der Waals surface area contributed by atoms with Crippen LogP contribution in [0.3, 0.4) is 0 Å². The third-order valence-electron chi connectivity index (χ3n) is 3.65. The predicted molar refractivity (Wildman–Crippen MR) is 78.4 cm³/mol. The summed E-state index contributed by atoms with van der Waals surface area (Å²) in [6, 6.07) is 16.8. The van der Waals surface area contributed by atoms with Gasteiger partial charge in [-0.25, -0.2) is 0 Å². The number of hydrogen-bond donors (Lipinski definition) is 0. The predicted octanol–water partition coefficient (Wildman–Crippen LogP) is 4.70. The number of ether oxygens (including phenoxy) is 1. The van der Waals surface area contributed by atoms with E-state index in [2.05, 4.69) is 37.3 Å². The Morgan fingerprint density at radius 2 is 1.68 bits per heavy atom. The van der Waals surface area contributed by atoms with Crippen molar-refractivity contribution in [3.63, 3.8) is 0 Å². The Labute approximate surface area is 119 Å². The van der Waals surface area contributed by atoms with E-state index in [0.29, 0.717) is 5.56 Å². The van der Waals surface area contributed by atoms with Crippen LogP contribution in [0.2, 0.25) is 0 Å². The summed E-state index contributed by atoms with van der Waals surface area (Å²) >= 11 is 6.25. The van der Waals surface area contributed by atoms with Crippen LogP contribution >= 0.6 is 11.6 Å². The molecule has 0 aliphatic carbocycles. The summed E-state index contributed by atoms with van der Waals surface area (Å²) in [5.74, 6) is 1.05. The van der Waals surface area contributed by atoms with Gasteiger partial charge in [0.1, 0.15) is 5.75 Å². The van der Waals surface area contributed by atoms with E-state index in [1.165, 1.54) is 16.7 Å². The number of hydrogen-bond acceptors (Lipinski definition) is 1. The van der Waals surface area contributed by atoms with Gasteiger partial charge in [0, 0.05) is 5.56 Å². The van der Waals surface area contributed by atoms with Gasteiger partial charge in [-0.15, -0.1) is 0 Å². The molecule has 0 saturated heterocycles. The Kier molecular flexibility index (Phi) is 3.48. The molecular formula is C17H16ClO. The lowest BCUT2D eigenvalue weighted by Crippen LogP contribution is -2.06. The van der Waals surface area contributed by atoms with Crippen molar-refractivity contribution < 1.29 is 4.74 Å². The van der Waals surface area contributed by atoms with E-state index in [0.717, 1.165) is 18.6 Å². The molecule has 1 radical (unpaired) electrons. The van der Waals surface area contributed by atoms with Gasteiger partial charge in [-0.05, 0) is 30.0 Å². The van der Waals surface area contributed by atoms with E-state index in [-0.39, 0.29) is 5.92 Å². The lowest BCUT2D eigenvalue weighted by molar-refractivity contribution is 0.385. The smallest absolute Gasteiger partial charge is 0.243 e. The Morgan fingerprint density at radius 3 is 2.42 bits per heavy atom. The molecule has 1 aliphatic rings. The highest BCUT2D eigenvalue weighted by Gasteiger charge is 2.34. The Morgan fingerprint density at radius 1 is 1.00 bits per heavy atom. The van der Waals surface area contributed by atoms with E-state index in [4.69, 9.17) is 16.3 Å². The SMILES string of the molecule is CCc1ccc(CC2[C](Cl)Oc3ccccc32)cc1. The molecule has 0 N–H and O–H groups in total. The molecule has 0 saturated carbocycles. The van der Waals surface area contributed by atoms with Crippen molar-refractivity contribution >= 4 is 11.6 Å². The fourth-order valence-electron chi connectivity index (χ4n) is 2.50. The van der Waals surface area contributed by atoms with Crippen LogP contribution in [0, 0.1) is 5.56 Å². The molecule has 0 fully saturated rings. The van der Waals surface area contributed by atoms with Gasteiger partial charge in [-0.2, -0.15) is 0 Å². The first-order valence-electron chi connectivity index (χ1n) is 6.65. The molecule has 2 aromatic carbocycles. The van der Waals surface area contributed by atoms with Gasteiger partial charge in [0.25, 0.3) is 0 Å². The first kappa shape index (κ1) is 12.6. The topological polar surface area (TPSA) is 9.23 Å². The van der Waals surface area contributed by atoms with Crippen LogP contribution in [0.4, 0.5) is 0 Å². The molecule has 1 aliphatic heterocycles. The van der Waals surface area contributed by atoms with Gasteiger partial charge in [-0.3, -0.25) is 0 Å². The molecule has 1 nitrogen and oxygen atoms in total. The van der Waals surface area contributed by atoms with Crippen LogP contribution in [0.15, 0.2) is 48.5 Å². The van der Waals surface area contributed by atoms with Crippen molar-refractivity contribution in [2.75, 3.05) is 0 Å². The number of aryl methyl sites for hydroxylation is 1. The van der Waals surface area contributed by atoms with Gasteiger partial charge in [0.15, 0.2) is 0 Å². The molecule has 2 heteroatoms. The van der Waals surface area contributed by atoms with Gasteiger partial charge in [0.05, 0.1) is 5.92 Å². The van der Waals surface area contributed by atoms with Crippen LogP contribution in [0.25, 0.3) is 0 Å². The average Bonchev–Trinajstić information content (AvgIpc) is 2.76. The Bertz CT molecular complexity index is 562. The molecular weight excluding hydrogens is 256 g/mol. The lowest BCUT2D eigenvalue weighted by atomic mass is 9.93. The van der Waals surface area contributed by atoms with Gasteiger partial charge in [0.2, 0.25) is 5.56 Å². The van der Waals surface area contributed by atoms with E-state index < -0.39 is 0 Å². The molecule has 97 valence electrons. The summed E-state index contributed by atoms with van der Waals surface area (Å²) in [6.07, 6.45) is 1.96. The second-order valence-corrected chi connectivity index (χ2v) is 5.24. The van der Waals surface area contributed by atoms with E-state index in [1.54, 1.807) is 0 Å². The molecule has 1 heterocycles. The highest BCUT2D eigenvalue weighted by atomic mass is 35.5. The zero-order valence-corrected chi connectivity index (χ0v) is 11.7. The molecule has 0 amide bonds. The van der Waals surface area contributed by atoms with Gasteiger partial charge in [-0.1, -0.05) is 61.0 Å². The van der Waals surface area contributed by atoms with Gasteiger partial charge >= 0.3 is 0 Å². The summed E-state index contributed by atoms with van der Waals surface area (Å²) in [4.78, 5) is 0. The molecule has 19 heavy (non-hydrogen) atoms. The molecule has 1 unspecified atom stereocenters. The molecule has 0 spiro atoms. The van der Waals surface area contributed by atoms with E-state index >= 15 is 0 Å². The summed E-state index contributed by atoms with van der Waals surface area (Å²) < 4.78 is 5.62. The van der Waals surface area contributed by atoms with Crippen molar-refractivity contribution in [1.82, 2.24) is 0 Å². The highest BCUT2D eigenvalue weighted by molar-refractivity contribution is 6.27. The fraction of sp³-hybridized carbons (Fsp3) is 0.235. The molecule has 3 rings (SSSR count). The molecule has 1 atom stereocenters. The van der Waals surface area contributed by atoms with E-state index in [9.17, 15) is 0 Å². The van der Waals surface area contributed by atoms with Crippen LogP contribution < -0.4 is 4.74 Å². The fourth-order valence-corrected chi connectivity index (χ4v) is 2.77. The quantitative estimate of drug-likeness (QED) is 0.786. The number of benzene rings is 2. The first-order valence-corrected chi connectivity index (χ1v) is 7.02. The monoisotopic (exact) mass is 271 g/mol. The first-order chi connectivity index (χ1) is 9.28. The van der Waals surface area contributed by atoms with Crippen molar-refractivity contribution in [3.05, 3.63) is 70.8 Å². The summed E-state index contributed by atoms with van der Waals surface area (Å²) in [6.45, 7) is 2.17. The summed E-state index contributed by atoms with van der Waals surface area (Å²) in [5.41, 5.74) is 4.43. The van der Waals surface area contributed by atoms with Crippen molar-refractivity contribution in [3.8, 4) is 5.75 Å². The summed E-state index contributed by atoms with van der Waals surface area (Å²) in [7, 11) is 0. The molecule has 2 aromatic rings. The maximum absolute atomic E-state index is 6.25. The van der Waals surface area contributed by atoms with Crippen LogP contribution in [-0.2, 0) is 12.8 Å². The second-order valence-electron chi connectivity index (χ2n) is 4.87. The summed E-state index contributed by atoms with van der Waals surface area (Å²) in [5, 5.41) is 0.